The molecule has 0 aliphatic carbocycles. The van der Waals surface area contributed by atoms with Gasteiger partial charge in [-0.05, 0) is 0 Å². The monoisotopic (exact) mass is 267 g/mol. The summed E-state index contributed by atoms with van der Waals surface area (Å²) in [4.78, 5) is 4.24. The minimum Gasteiger partial charge on any atom is -0.396 e. The summed E-state index contributed by atoms with van der Waals surface area (Å²) in [6.45, 7) is 2.10. The van der Waals surface area contributed by atoms with Crippen LogP contribution >= 0.6 is 0 Å². The molecule has 0 aromatic carbocycles. The maximum atomic E-state index is 5.57. The Hall–Kier alpha value is -1.93. The van der Waals surface area contributed by atoms with Gasteiger partial charge >= 0.3 is 0 Å². The molecule has 0 fully saturated rings. The Labute approximate surface area is 110 Å². The summed E-state index contributed by atoms with van der Waals surface area (Å²) in [5.41, 5.74) is 6.17. The maximum Gasteiger partial charge on any atom is 0.248 e. The SMILES string of the molecule is COCCOCCc1noc(Cn2cc(N)cn2)n1. The normalized spacial score (nSPS) is 11.0. The lowest BCUT2D eigenvalue weighted by Crippen LogP contribution is -2.06. The average Bonchev–Trinajstić information content (AvgIpc) is 2.99. The number of hydrogen-bond donors (Lipinski definition) is 1. The second-order valence-corrected chi connectivity index (χ2v) is 3.93. The van der Waals surface area contributed by atoms with Gasteiger partial charge in [-0.1, -0.05) is 5.16 Å². The largest absolute Gasteiger partial charge is 0.396 e. The first-order valence-corrected chi connectivity index (χ1v) is 5.94. The molecule has 2 rings (SSSR count). The van der Waals surface area contributed by atoms with Gasteiger partial charge in [0.05, 0.1) is 31.7 Å². The van der Waals surface area contributed by atoms with Crippen LogP contribution in [0.25, 0.3) is 0 Å². The van der Waals surface area contributed by atoms with Crippen LogP contribution in [0.15, 0.2) is 16.9 Å². The molecule has 8 heteroatoms. The van der Waals surface area contributed by atoms with Crippen molar-refractivity contribution in [1.82, 2.24) is 19.9 Å². The van der Waals surface area contributed by atoms with Crippen LogP contribution in [0.5, 0.6) is 0 Å². The first-order chi connectivity index (χ1) is 9.28. The zero-order valence-electron chi connectivity index (χ0n) is 10.8. The average molecular weight is 267 g/mol. The summed E-state index contributed by atoms with van der Waals surface area (Å²) in [5, 5.41) is 7.91. The van der Waals surface area contributed by atoms with E-state index in [1.54, 1.807) is 24.2 Å². The second kappa shape index (κ2) is 6.86. The number of hydrogen-bond acceptors (Lipinski definition) is 7. The van der Waals surface area contributed by atoms with Crippen LogP contribution in [-0.2, 0) is 22.4 Å². The van der Waals surface area contributed by atoms with Crippen molar-refractivity contribution in [2.75, 3.05) is 32.7 Å². The second-order valence-electron chi connectivity index (χ2n) is 3.93. The first-order valence-electron chi connectivity index (χ1n) is 5.94. The van der Waals surface area contributed by atoms with E-state index in [0.717, 1.165) is 0 Å². The minimum absolute atomic E-state index is 0.411. The van der Waals surface area contributed by atoms with Crippen molar-refractivity contribution >= 4 is 5.69 Å². The van der Waals surface area contributed by atoms with Crippen LogP contribution in [-0.4, -0.2) is 46.9 Å². The van der Waals surface area contributed by atoms with Crippen molar-refractivity contribution in [3.8, 4) is 0 Å². The zero-order valence-corrected chi connectivity index (χ0v) is 10.8. The Morgan fingerprint density at radius 3 is 3.00 bits per heavy atom. The minimum atomic E-state index is 0.411. The van der Waals surface area contributed by atoms with Crippen molar-refractivity contribution in [2.24, 2.45) is 0 Å². The smallest absolute Gasteiger partial charge is 0.248 e. The van der Waals surface area contributed by atoms with Crippen LogP contribution in [0.1, 0.15) is 11.7 Å². The number of rotatable bonds is 8. The lowest BCUT2D eigenvalue weighted by molar-refractivity contribution is 0.0714. The lowest BCUT2D eigenvalue weighted by atomic mass is 10.4. The van der Waals surface area contributed by atoms with E-state index < -0.39 is 0 Å². The Morgan fingerprint density at radius 1 is 1.37 bits per heavy atom. The van der Waals surface area contributed by atoms with E-state index in [1.165, 1.54) is 0 Å². The molecule has 0 bridgehead atoms. The number of aromatic nitrogens is 4. The fourth-order valence-corrected chi connectivity index (χ4v) is 1.47. The predicted octanol–water partition coefficient (Wildman–Crippen LogP) is 0.102. The van der Waals surface area contributed by atoms with E-state index in [2.05, 4.69) is 15.2 Å². The third-order valence-electron chi connectivity index (χ3n) is 2.36. The van der Waals surface area contributed by atoms with Crippen molar-refractivity contribution in [3.63, 3.8) is 0 Å². The Morgan fingerprint density at radius 2 is 2.26 bits per heavy atom. The van der Waals surface area contributed by atoms with E-state index in [-0.39, 0.29) is 0 Å². The molecule has 0 aliphatic rings. The summed E-state index contributed by atoms with van der Waals surface area (Å²) in [6.07, 6.45) is 3.88. The van der Waals surface area contributed by atoms with Gasteiger partial charge in [-0.15, -0.1) is 0 Å². The zero-order chi connectivity index (χ0) is 13.5. The van der Waals surface area contributed by atoms with Gasteiger partial charge in [-0.2, -0.15) is 10.1 Å². The topological polar surface area (TPSA) is 101 Å². The van der Waals surface area contributed by atoms with Crippen LogP contribution in [0.4, 0.5) is 5.69 Å². The number of ether oxygens (including phenoxy) is 2. The van der Waals surface area contributed by atoms with Gasteiger partial charge in [0.2, 0.25) is 5.89 Å². The fraction of sp³-hybridized carbons (Fsp3) is 0.545. The van der Waals surface area contributed by atoms with Crippen molar-refractivity contribution < 1.29 is 14.0 Å². The van der Waals surface area contributed by atoms with Gasteiger partial charge in [0.25, 0.3) is 0 Å². The molecule has 0 atom stereocenters. The van der Waals surface area contributed by atoms with Gasteiger partial charge in [-0.3, -0.25) is 4.68 Å². The molecule has 0 radical (unpaired) electrons. The van der Waals surface area contributed by atoms with E-state index in [0.29, 0.717) is 50.2 Å². The van der Waals surface area contributed by atoms with Crippen molar-refractivity contribution in [1.29, 1.82) is 0 Å². The Kier molecular flexibility index (Phi) is 4.87. The number of methoxy groups -OCH3 is 1. The maximum absolute atomic E-state index is 5.57. The van der Waals surface area contributed by atoms with E-state index in [4.69, 9.17) is 19.7 Å². The van der Waals surface area contributed by atoms with Gasteiger partial charge in [0, 0.05) is 19.7 Å². The number of anilines is 1. The van der Waals surface area contributed by atoms with Crippen molar-refractivity contribution in [2.45, 2.75) is 13.0 Å². The third kappa shape index (κ3) is 4.34. The molecule has 2 aromatic rings. The lowest BCUT2D eigenvalue weighted by Gasteiger charge is -2.00. The molecule has 2 aromatic heterocycles. The van der Waals surface area contributed by atoms with Gasteiger partial charge in [0.1, 0.15) is 6.54 Å². The number of nitrogen functional groups attached to an aromatic ring is 1. The molecular weight excluding hydrogens is 250 g/mol. The van der Waals surface area contributed by atoms with Crippen LogP contribution in [0.2, 0.25) is 0 Å². The molecule has 0 saturated heterocycles. The highest BCUT2D eigenvalue weighted by Crippen LogP contribution is 2.04. The molecule has 8 nitrogen and oxygen atoms in total. The van der Waals surface area contributed by atoms with Crippen molar-refractivity contribution in [3.05, 3.63) is 24.1 Å². The van der Waals surface area contributed by atoms with Gasteiger partial charge < -0.3 is 19.7 Å². The molecule has 19 heavy (non-hydrogen) atoms. The molecule has 104 valence electrons. The molecule has 0 aliphatic heterocycles. The molecule has 0 spiro atoms. The highest BCUT2D eigenvalue weighted by Gasteiger charge is 2.07. The van der Waals surface area contributed by atoms with Gasteiger partial charge in [0.15, 0.2) is 5.82 Å². The molecule has 2 N–H and O–H groups in total. The summed E-state index contributed by atoms with van der Waals surface area (Å²) in [7, 11) is 1.64. The Bertz CT molecular complexity index is 496. The summed E-state index contributed by atoms with van der Waals surface area (Å²) in [6, 6.07) is 0. The number of nitrogens with two attached hydrogens (primary N) is 1. The van der Waals surface area contributed by atoms with E-state index >= 15 is 0 Å². The fourth-order valence-electron chi connectivity index (χ4n) is 1.47. The number of nitrogens with zero attached hydrogens (tertiary/aromatic N) is 4. The van der Waals surface area contributed by atoms with Crippen LogP contribution in [0.3, 0.4) is 0 Å². The highest BCUT2D eigenvalue weighted by atomic mass is 16.5. The molecule has 0 saturated carbocycles. The van der Waals surface area contributed by atoms with E-state index in [1.807, 2.05) is 0 Å². The Balaban J connectivity index is 1.75. The first kappa shape index (κ1) is 13.5. The van der Waals surface area contributed by atoms with Gasteiger partial charge in [-0.25, -0.2) is 0 Å². The summed E-state index contributed by atoms with van der Waals surface area (Å²) < 4.78 is 17.0. The summed E-state index contributed by atoms with van der Waals surface area (Å²) in [5.74, 6) is 1.11. The quantitative estimate of drug-likeness (QED) is 0.677. The molecular formula is C11H17N5O3. The molecule has 0 amide bonds. The molecule has 2 heterocycles. The van der Waals surface area contributed by atoms with Crippen LogP contribution < -0.4 is 5.73 Å². The molecule has 0 unspecified atom stereocenters. The standard InChI is InChI=1S/C11H17N5O3/c1-17-4-5-18-3-2-10-14-11(19-15-10)8-16-7-9(12)6-13-16/h6-7H,2-5,8,12H2,1H3. The highest BCUT2D eigenvalue weighted by molar-refractivity contribution is 5.30. The van der Waals surface area contributed by atoms with Crippen LogP contribution in [0, 0.1) is 0 Å². The summed E-state index contributed by atoms with van der Waals surface area (Å²) >= 11 is 0. The third-order valence-corrected chi connectivity index (χ3v) is 2.36. The van der Waals surface area contributed by atoms with E-state index in [9.17, 15) is 0 Å². The predicted molar refractivity (Wildman–Crippen MR) is 66.4 cm³/mol.